The normalized spacial score (nSPS) is 27.1. The highest BCUT2D eigenvalue weighted by Crippen LogP contribution is 2.43. The molecule has 0 radical (unpaired) electrons. The smallest absolute Gasteiger partial charge is 0.270 e. The first-order valence-corrected chi connectivity index (χ1v) is 7.93. The Morgan fingerprint density at radius 3 is 2.68 bits per heavy atom. The molecule has 2 aliphatic heterocycles. The van der Waals surface area contributed by atoms with Crippen LogP contribution in [0.3, 0.4) is 0 Å². The summed E-state index contributed by atoms with van der Waals surface area (Å²) < 4.78 is 1.91. The van der Waals surface area contributed by atoms with E-state index in [2.05, 4.69) is 34.5 Å². The molecule has 1 N–H and O–H groups in total. The molecule has 4 rings (SSSR count). The van der Waals surface area contributed by atoms with Crippen molar-refractivity contribution in [1.82, 2.24) is 14.8 Å². The Morgan fingerprint density at radius 2 is 1.95 bits per heavy atom. The second-order valence-corrected chi connectivity index (χ2v) is 6.40. The van der Waals surface area contributed by atoms with E-state index < -0.39 is 0 Å². The number of rotatable bonds is 2. The molecule has 1 aromatic heterocycles. The number of likely N-dealkylation sites (tertiary alicyclic amines) is 1. The Labute approximate surface area is 130 Å². The van der Waals surface area contributed by atoms with Gasteiger partial charge in [0, 0.05) is 38.8 Å². The molecule has 0 saturated carbocycles. The van der Waals surface area contributed by atoms with Crippen molar-refractivity contribution in [2.24, 2.45) is 18.9 Å². The second kappa shape index (κ2) is 5.29. The lowest BCUT2D eigenvalue weighted by Crippen LogP contribution is -2.35. The fourth-order valence-electron chi connectivity index (χ4n) is 4.04. The van der Waals surface area contributed by atoms with Gasteiger partial charge in [0.1, 0.15) is 5.69 Å². The minimum absolute atomic E-state index is 0.149. The average molecular weight is 295 g/mol. The zero-order valence-corrected chi connectivity index (χ0v) is 12.8. The third-order valence-electron chi connectivity index (χ3n) is 5.13. The maximum Gasteiger partial charge on any atom is 0.270 e. The highest BCUT2D eigenvalue weighted by molar-refractivity contribution is 5.93. The lowest BCUT2D eigenvalue weighted by molar-refractivity contribution is 0.0704. The number of carbonyl (C=O) groups excluding carboxylic acids is 1. The summed E-state index contributed by atoms with van der Waals surface area (Å²) in [7, 11) is 1.93. The number of hydrogen-bond acceptors (Lipinski definition) is 2. The Hall–Kier alpha value is -2.07. The molecule has 0 spiro atoms. The number of nitrogens with zero attached hydrogens (tertiary/aromatic N) is 2. The molecule has 4 nitrogen and oxygen atoms in total. The fourth-order valence-corrected chi connectivity index (χ4v) is 4.04. The Kier molecular flexibility index (Phi) is 3.26. The Bertz CT molecular complexity index is 679. The van der Waals surface area contributed by atoms with Crippen LogP contribution in [0.2, 0.25) is 0 Å². The largest absolute Gasteiger partial charge is 0.347 e. The summed E-state index contributed by atoms with van der Waals surface area (Å²) in [5.41, 5.74) is 2.02. The van der Waals surface area contributed by atoms with Gasteiger partial charge >= 0.3 is 0 Å². The predicted octanol–water partition coefficient (Wildman–Crippen LogP) is 2.06. The molecule has 3 heterocycles. The van der Waals surface area contributed by atoms with E-state index in [1.807, 2.05) is 36.0 Å². The topological polar surface area (TPSA) is 37.3 Å². The van der Waals surface area contributed by atoms with Gasteiger partial charge in [-0.1, -0.05) is 30.3 Å². The molecule has 2 fully saturated rings. The highest BCUT2D eigenvalue weighted by atomic mass is 16.2. The van der Waals surface area contributed by atoms with E-state index in [4.69, 9.17) is 0 Å². The van der Waals surface area contributed by atoms with Crippen LogP contribution in [-0.2, 0) is 7.05 Å². The summed E-state index contributed by atoms with van der Waals surface area (Å²) >= 11 is 0. The Morgan fingerprint density at radius 1 is 1.14 bits per heavy atom. The number of nitrogens with one attached hydrogen (secondary N) is 1. The van der Waals surface area contributed by atoms with Gasteiger partial charge in [0.05, 0.1) is 6.04 Å². The number of carbonyl (C=O) groups is 1. The maximum atomic E-state index is 13.0. The molecule has 22 heavy (non-hydrogen) atoms. The molecular weight excluding hydrogens is 274 g/mol. The van der Waals surface area contributed by atoms with E-state index in [1.54, 1.807) is 0 Å². The second-order valence-electron chi connectivity index (χ2n) is 6.40. The lowest BCUT2D eigenvalue weighted by atomic mass is 9.89. The van der Waals surface area contributed by atoms with Crippen LogP contribution in [0.5, 0.6) is 0 Å². The van der Waals surface area contributed by atoms with Crippen LogP contribution in [-0.4, -0.2) is 35.0 Å². The summed E-state index contributed by atoms with van der Waals surface area (Å²) in [6.45, 7) is 2.87. The molecule has 114 valence electrons. The first-order valence-electron chi connectivity index (χ1n) is 7.93. The molecule has 0 unspecified atom stereocenters. The van der Waals surface area contributed by atoms with Gasteiger partial charge in [0.2, 0.25) is 0 Å². The van der Waals surface area contributed by atoms with E-state index in [0.29, 0.717) is 11.8 Å². The first kappa shape index (κ1) is 13.6. The predicted molar refractivity (Wildman–Crippen MR) is 85.5 cm³/mol. The standard InChI is InChI=1S/C18H21N3O/c1-20-9-5-8-16(20)18(22)21-12-14-10-19-11-15(14)17(21)13-6-3-2-4-7-13/h2-9,14-15,17,19H,10-12H2,1H3/t14-,15-,17-/m0/s1. The molecule has 4 heteroatoms. The van der Waals surface area contributed by atoms with Gasteiger partial charge in [-0.2, -0.15) is 0 Å². The van der Waals surface area contributed by atoms with E-state index in [1.165, 1.54) is 5.56 Å². The maximum absolute atomic E-state index is 13.0. The Balaban J connectivity index is 1.71. The van der Waals surface area contributed by atoms with Crippen molar-refractivity contribution in [2.75, 3.05) is 19.6 Å². The summed E-state index contributed by atoms with van der Waals surface area (Å²) in [6, 6.07) is 14.5. The lowest BCUT2D eigenvalue weighted by Gasteiger charge is -2.28. The third-order valence-corrected chi connectivity index (χ3v) is 5.13. The van der Waals surface area contributed by atoms with Crippen LogP contribution in [0, 0.1) is 11.8 Å². The van der Waals surface area contributed by atoms with Crippen molar-refractivity contribution < 1.29 is 4.79 Å². The van der Waals surface area contributed by atoms with Gasteiger partial charge in [-0.25, -0.2) is 0 Å². The summed E-state index contributed by atoms with van der Waals surface area (Å²) in [5.74, 6) is 1.23. The molecule has 3 atom stereocenters. The van der Waals surface area contributed by atoms with Crippen LogP contribution < -0.4 is 5.32 Å². The van der Waals surface area contributed by atoms with Crippen LogP contribution in [0.25, 0.3) is 0 Å². The van der Waals surface area contributed by atoms with Crippen LogP contribution in [0.1, 0.15) is 22.1 Å². The van der Waals surface area contributed by atoms with E-state index in [-0.39, 0.29) is 11.9 Å². The van der Waals surface area contributed by atoms with Crippen LogP contribution >= 0.6 is 0 Å². The van der Waals surface area contributed by atoms with Gasteiger partial charge in [-0.3, -0.25) is 4.79 Å². The van der Waals surface area contributed by atoms with Crippen molar-refractivity contribution in [3.05, 3.63) is 59.9 Å². The third kappa shape index (κ3) is 2.06. The molecule has 1 amide bonds. The van der Waals surface area contributed by atoms with Crippen molar-refractivity contribution in [2.45, 2.75) is 6.04 Å². The summed E-state index contributed by atoms with van der Waals surface area (Å²) in [4.78, 5) is 15.1. The highest BCUT2D eigenvalue weighted by Gasteiger charge is 2.47. The van der Waals surface area contributed by atoms with Crippen LogP contribution in [0.15, 0.2) is 48.7 Å². The summed E-state index contributed by atoms with van der Waals surface area (Å²) in [6.07, 6.45) is 1.93. The molecular formula is C18H21N3O. The zero-order valence-electron chi connectivity index (χ0n) is 12.8. The zero-order chi connectivity index (χ0) is 15.1. The average Bonchev–Trinajstić information content (AvgIpc) is 3.22. The van der Waals surface area contributed by atoms with Crippen molar-refractivity contribution in [3.63, 3.8) is 0 Å². The fraction of sp³-hybridized carbons (Fsp3) is 0.389. The SMILES string of the molecule is Cn1cccc1C(=O)N1C[C@@H]2CNC[C@@H]2[C@@H]1c1ccccc1. The number of hydrogen-bond donors (Lipinski definition) is 1. The van der Waals surface area contributed by atoms with Gasteiger partial charge in [0.15, 0.2) is 0 Å². The summed E-state index contributed by atoms with van der Waals surface area (Å²) in [5, 5.41) is 3.49. The van der Waals surface area contributed by atoms with Crippen LogP contribution in [0.4, 0.5) is 0 Å². The molecule has 2 aromatic rings. The molecule has 0 bridgehead atoms. The molecule has 0 aliphatic carbocycles. The molecule has 2 saturated heterocycles. The number of aryl methyl sites for hydroxylation is 1. The monoisotopic (exact) mass is 295 g/mol. The molecule has 2 aliphatic rings. The number of benzene rings is 1. The number of amides is 1. The van der Waals surface area contributed by atoms with Crippen molar-refractivity contribution in [3.8, 4) is 0 Å². The first-order chi connectivity index (χ1) is 10.8. The van der Waals surface area contributed by atoms with E-state index in [0.717, 1.165) is 25.3 Å². The van der Waals surface area contributed by atoms with Gasteiger partial charge in [0.25, 0.3) is 5.91 Å². The molecule has 1 aromatic carbocycles. The van der Waals surface area contributed by atoms with Crippen molar-refractivity contribution >= 4 is 5.91 Å². The van der Waals surface area contributed by atoms with Gasteiger partial charge in [-0.05, 0) is 23.6 Å². The van der Waals surface area contributed by atoms with E-state index in [9.17, 15) is 4.79 Å². The quantitative estimate of drug-likeness (QED) is 0.921. The van der Waals surface area contributed by atoms with E-state index >= 15 is 0 Å². The minimum Gasteiger partial charge on any atom is -0.347 e. The van der Waals surface area contributed by atoms with Gasteiger partial charge < -0.3 is 14.8 Å². The number of fused-ring (bicyclic) bond motifs is 1. The minimum atomic E-state index is 0.149. The van der Waals surface area contributed by atoms with Gasteiger partial charge in [-0.15, -0.1) is 0 Å². The van der Waals surface area contributed by atoms with Crippen molar-refractivity contribution in [1.29, 1.82) is 0 Å². The number of aromatic nitrogens is 1.